The zero-order chi connectivity index (χ0) is 16.4. The number of benzene rings is 1. The van der Waals surface area contributed by atoms with Crippen LogP contribution in [0.25, 0.3) is 22.2 Å². The summed E-state index contributed by atoms with van der Waals surface area (Å²) in [7, 11) is 0. The number of thioether (sulfide) groups is 1. The number of hydrogen-bond donors (Lipinski definition) is 1. The Labute approximate surface area is 143 Å². The van der Waals surface area contributed by atoms with Crippen LogP contribution in [0.1, 0.15) is 10.4 Å². The Kier molecular flexibility index (Phi) is 3.96. The Bertz CT molecular complexity index is 940. The molecule has 1 aliphatic rings. The van der Waals surface area contributed by atoms with E-state index in [1.165, 1.54) is 0 Å². The lowest BCUT2D eigenvalue weighted by Crippen LogP contribution is -2.27. The van der Waals surface area contributed by atoms with Gasteiger partial charge >= 0.3 is 0 Å². The number of carbonyl (C=O) groups excluding carboxylic acids is 1. The lowest BCUT2D eigenvalue weighted by atomic mass is 10.0. The molecule has 0 atom stereocenters. The molecule has 4 rings (SSSR count). The number of carbonyl (C=O) groups is 1. The fourth-order valence-corrected chi connectivity index (χ4v) is 3.33. The van der Waals surface area contributed by atoms with E-state index in [1.54, 1.807) is 24.2 Å². The third-order valence-corrected chi connectivity index (χ3v) is 4.63. The van der Waals surface area contributed by atoms with E-state index in [2.05, 4.69) is 20.3 Å². The predicted molar refractivity (Wildman–Crippen MR) is 97.2 cm³/mol. The van der Waals surface area contributed by atoms with Gasteiger partial charge in [0, 0.05) is 29.1 Å². The van der Waals surface area contributed by atoms with Gasteiger partial charge in [0.1, 0.15) is 0 Å². The summed E-state index contributed by atoms with van der Waals surface area (Å²) in [5.74, 6) is 0.756. The predicted octanol–water partition coefficient (Wildman–Crippen LogP) is 3.13. The van der Waals surface area contributed by atoms with Crippen LogP contribution in [0.5, 0.6) is 0 Å². The summed E-state index contributed by atoms with van der Waals surface area (Å²) in [6, 6.07) is 13.3. The van der Waals surface area contributed by atoms with Gasteiger partial charge in [0.25, 0.3) is 5.91 Å². The van der Waals surface area contributed by atoms with Crippen molar-refractivity contribution in [2.75, 3.05) is 12.3 Å². The highest BCUT2D eigenvalue weighted by Crippen LogP contribution is 2.24. The summed E-state index contributed by atoms with van der Waals surface area (Å²) in [6.07, 6.45) is 3.44. The average molecular weight is 334 g/mol. The molecule has 6 heteroatoms. The molecule has 2 aromatic heterocycles. The summed E-state index contributed by atoms with van der Waals surface area (Å²) in [6.45, 7) is 0.750. The van der Waals surface area contributed by atoms with E-state index in [0.29, 0.717) is 10.7 Å². The van der Waals surface area contributed by atoms with Crippen LogP contribution in [-0.4, -0.2) is 33.3 Å². The third-order valence-electron chi connectivity index (χ3n) is 3.74. The molecule has 0 saturated carbocycles. The molecule has 1 amide bonds. The molecule has 0 saturated heterocycles. The standard InChI is InChI=1S/C18H14N4OS/c23-17(22-18-20-9-10-24-18)14-11-16(12-5-7-19-8-6-12)21-15-4-2-1-3-13(14)15/h1-8,11H,9-10H2,(H,20,22,23). The fraction of sp³-hybridized carbons (Fsp3) is 0.111. The van der Waals surface area contributed by atoms with Crippen molar-refractivity contribution >= 4 is 33.7 Å². The molecule has 0 spiro atoms. The Morgan fingerprint density at radius 1 is 1.12 bits per heavy atom. The number of rotatable bonds is 2. The van der Waals surface area contributed by atoms with Gasteiger partial charge in [-0.25, -0.2) is 4.98 Å². The number of pyridine rings is 2. The number of hydrogen-bond acceptors (Lipinski definition) is 5. The molecule has 0 unspecified atom stereocenters. The molecule has 0 fully saturated rings. The molecule has 0 radical (unpaired) electrons. The van der Waals surface area contributed by atoms with Crippen molar-refractivity contribution in [3.8, 4) is 11.3 Å². The summed E-state index contributed by atoms with van der Waals surface area (Å²) in [5.41, 5.74) is 3.07. The molecule has 118 valence electrons. The van der Waals surface area contributed by atoms with Crippen LogP contribution in [0.15, 0.2) is 59.9 Å². The van der Waals surface area contributed by atoms with E-state index in [9.17, 15) is 4.79 Å². The Hall–Kier alpha value is -2.73. The highest BCUT2D eigenvalue weighted by molar-refractivity contribution is 8.14. The normalized spacial score (nSPS) is 13.8. The maximum Gasteiger partial charge on any atom is 0.257 e. The first-order valence-corrected chi connectivity index (χ1v) is 8.58. The van der Waals surface area contributed by atoms with Crippen molar-refractivity contribution in [1.82, 2.24) is 15.3 Å². The van der Waals surface area contributed by atoms with Crippen molar-refractivity contribution in [3.63, 3.8) is 0 Å². The summed E-state index contributed by atoms with van der Waals surface area (Å²) in [4.78, 5) is 25.7. The lowest BCUT2D eigenvalue weighted by Gasteiger charge is -2.10. The first-order chi connectivity index (χ1) is 11.8. The monoisotopic (exact) mass is 334 g/mol. The second-order valence-electron chi connectivity index (χ2n) is 5.30. The van der Waals surface area contributed by atoms with E-state index >= 15 is 0 Å². The minimum Gasteiger partial charge on any atom is -0.301 e. The van der Waals surface area contributed by atoms with Crippen LogP contribution >= 0.6 is 11.8 Å². The van der Waals surface area contributed by atoms with Crippen molar-refractivity contribution in [3.05, 3.63) is 60.4 Å². The Morgan fingerprint density at radius 3 is 2.75 bits per heavy atom. The molecule has 1 aromatic carbocycles. The minimum atomic E-state index is -0.156. The largest absolute Gasteiger partial charge is 0.301 e. The van der Waals surface area contributed by atoms with Gasteiger partial charge in [0.15, 0.2) is 5.17 Å². The third kappa shape index (κ3) is 2.88. The SMILES string of the molecule is O=C(NC1=NCCS1)c1cc(-c2ccncc2)nc2ccccc12. The second-order valence-corrected chi connectivity index (χ2v) is 6.38. The molecule has 5 nitrogen and oxygen atoms in total. The van der Waals surface area contributed by atoms with Gasteiger partial charge in [-0.1, -0.05) is 30.0 Å². The highest BCUT2D eigenvalue weighted by atomic mass is 32.2. The van der Waals surface area contributed by atoms with Gasteiger partial charge in [-0.3, -0.25) is 14.8 Å². The van der Waals surface area contributed by atoms with Crippen LogP contribution in [0, 0.1) is 0 Å². The van der Waals surface area contributed by atoms with Crippen molar-refractivity contribution in [2.45, 2.75) is 0 Å². The maximum absolute atomic E-state index is 12.8. The van der Waals surface area contributed by atoms with Gasteiger partial charge in [0.05, 0.1) is 23.3 Å². The van der Waals surface area contributed by atoms with E-state index in [0.717, 1.165) is 34.5 Å². The summed E-state index contributed by atoms with van der Waals surface area (Å²) < 4.78 is 0. The van der Waals surface area contributed by atoms with Crippen molar-refractivity contribution in [2.24, 2.45) is 4.99 Å². The van der Waals surface area contributed by atoms with Crippen LogP contribution in [0.4, 0.5) is 0 Å². The average Bonchev–Trinajstić information content (AvgIpc) is 3.14. The second kappa shape index (κ2) is 6.41. The number of fused-ring (bicyclic) bond motifs is 1. The zero-order valence-corrected chi connectivity index (χ0v) is 13.6. The van der Waals surface area contributed by atoms with E-state index in [-0.39, 0.29) is 5.91 Å². The first kappa shape index (κ1) is 14.8. The molecule has 3 heterocycles. The van der Waals surface area contributed by atoms with Gasteiger partial charge < -0.3 is 5.32 Å². The molecule has 0 aliphatic carbocycles. The van der Waals surface area contributed by atoms with Crippen LogP contribution in [0.2, 0.25) is 0 Å². The van der Waals surface area contributed by atoms with E-state index in [4.69, 9.17) is 0 Å². The van der Waals surface area contributed by atoms with Crippen LogP contribution in [0.3, 0.4) is 0 Å². The number of aliphatic imine (C=N–C) groups is 1. The summed E-state index contributed by atoms with van der Waals surface area (Å²) >= 11 is 1.57. The number of para-hydroxylation sites is 1. The number of nitrogens with zero attached hydrogens (tertiary/aromatic N) is 3. The number of aromatic nitrogens is 2. The fourth-order valence-electron chi connectivity index (χ4n) is 2.61. The van der Waals surface area contributed by atoms with Crippen LogP contribution in [-0.2, 0) is 0 Å². The van der Waals surface area contributed by atoms with Gasteiger partial charge in [-0.05, 0) is 24.3 Å². The van der Waals surface area contributed by atoms with Crippen LogP contribution < -0.4 is 5.32 Å². The van der Waals surface area contributed by atoms with Gasteiger partial charge in [-0.2, -0.15) is 0 Å². The Balaban J connectivity index is 1.82. The molecule has 3 aromatic rings. The molecule has 1 aliphatic heterocycles. The van der Waals surface area contributed by atoms with Crippen molar-refractivity contribution in [1.29, 1.82) is 0 Å². The molecular weight excluding hydrogens is 320 g/mol. The van der Waals surface area contributed by atoms with Crippen molar-refractivity contribution < 1.29 is 4.79 Å². The molecular formula is C18H14N4OS. The smallest absolute Gasteiger partial charge is 0.257 e. The quantitative estimate of drug-likeness (QED) is 0.782. The molecule has 0 bridgehead atoms. The molecule has 1 N–H and O–H groups in total. The zero-order valence-electron chi connectivity index (χ0n) is 12.8. The van der Waals surface area contributed by atoms with E-state index in [1.807, 2.05) is 42.5 Å². The first-order valence-electron chi connectivity index (χ1n) is 7.60. The number of amidine groups is 1. The topological polar surface area (TPSA) is 67.2 Å². The van der Waals surface area contributed by atoms with Gasteiger partial charge in [-0.15, -0.1) is 0 Å². The van der Waals surface area contributed by atoms with E-state index < -0.39 is 0 Å². The Morgan fingerprint density at radius 2 is 1.96 bits per heavy atom. The minimum absolute atomic E-state index is 0.156. The number of nitrogens with one attached hydrogen (secondary N) is 1. The summed E-state index contributed by atoms with van der Waals surface area (Å²) in [5, 5.41) is 4.42. The molecule has 24 heavy (non-hydrogen) atoms. The van der Waals surface area contributed by atoms with Gasteiger partial charge in [0.2, 0.25) is 0 Å². The number of amides is 1. The lowest BCUT2D eigenvalue weighted by molar-refractivity contribution is 0.0979. The maximum atomic E-state index is 12.8. The highest BCUT2D eigenvalue weighted by Gasteiger charge is 2.17.